The van der Waals surface area contributed by atoms with E-state index in [9.17, 15) is 10.1 Å². The molecule has 1 unspecified atom stereocenters. The molecule has 0 amide bonds. The summed E-state index contributed by atoms with van der Waals surface area (Å²) in [5, 5.41) is 16.9. The van der Waals surface area contributed by atoms with Gasteiger partial charge >= 0.3 is 0 Å². The largest absolute Gasteiger partial charge is 0.388 e. The van der Waals surface area contributed by atoms with Gasteiger partial charge in [-0.25, -0.2) is 0 Å². The number of ether oxygens (including phenoxy) is 1. The lowest BCUT2D eigenvalue weighted by Crippen LogP contribution is -2.18. The van der Waals surface area contributed by atoms with Gasteiger partial charge in [0, 0.05) is 37.2 Å². The third kappa shape index (κ3) is 2.85. The number of non-ortho nitro benzene ring substituents is 1. The Kier molecular flexibility index (Phi) is 3.43. The summed E-state index contributed by atoms with van der Waals surface area (Å²) in [6, 6.07) is 5.14. The number of nitro benzene ring substituents is 1. The molecule has 1 aromatic rings. The van der Waals surface area contributed by atoms with Crippen molar-refractivity contribution in [2.75, 3.05) is 30.9 Å². The van der Waals surface area contributed by atoms with E-state index in [1.807, 2.05) is 6.07 Å². The molecular weight excluding hydrogens is 222 g/mol. The van der Waals surface area contributed by atoms with E-state index in [1.54, 1.807) is 13.1 Å². The zero-order chi connectivity index (χ0) is 12.3. The smallest absolute Gasteiger partial charge is 0.273 e. The molecule has 2 N–H and O–H groups in total. The van der Waals surface area contributed by atoms with Crippen LogP contribution in [0.3, 0.4) is 0 Å². The minimum absolute atomic E-state index is 0.0817. The van der Waals surface area contributed by atoms with Crippen molar-refractivity contribution in [1.29, 1.82) is 0 Å². The number of hydrogen-bond acceptors (Lipinski definition) is 5. The summed E-state index contributed by atoms with van der Waals surface area (Å²) in [7, 11) is 1.74. The topological polar surface area (TPSA) is 76.4 Å². The Morgan fingerprint density at radius 3 is 2.76 bits per heavy atom. The fraction of sp³-hybridized carbons (Fsp3) is 0.455. The highest BCUT2D eigenvalue weighted by Gasteiger charge is 2.17. The standard InChI is InChI=1S/C11H15N3O3/c1-12-9-4-10(6-11(5-9)14(15)16)13-8-2-3-17-7-8/h4-6,8,12-13H,2-3,7H2,1H3. The number of hydrogen-bond donors (Lipinski definition) is 2. The van der Waals surface area contributed by atoms with Gasteiger partial charge in [0.05, 0.1) is 17.6 Å². The highest BCUT2D eigenvalue weighted by Crippen LogP contribution is 2.25. The zero-order valence-electron chi connectivity index (χ0n) is 9.60. The van der Waals surface area contributed by atoms with Crippen LogP contribution in [0.4, 0.5) is 17.1 Å². The number of nitrogens with one attached hydrogen (secondary N) is 2. The summed E-state index contributed by atoms with van der Waals surface area (Å²) >= 11 is 0. The molecule has 6 nitrogen and oxygen atoms in total. The molecule has 92 valence electrons. The second-order valence-electron chi connectivity index (χ2n) is 3.98. The number of nitro groups is 1. The Balaban J connectivity index is 2.19. The summed E-state index contributed by atoms with van der Waals surface area (Å²) in [4.78, 5) is 10.4. The van der Waals surface area contributed by atoms with Crippen LogP contribution in [-0.2, 0) is 4.74 Å². The zero-order valence-corrected chi connectivity index (χ0v) is 9.60. The Morgan fingerprint density at radius 1 is 1.41 bits per heavy atom. The lowest BCUT2D eigenvalue weighted by atomic mass is 10.2. The van der Waals surface area contributed by atoms with E-state index >= 15 is 0 Å². The number of rotatable bonds is 4. The fourth-order valence-corrected chi connectivity index (χ4v) is 1.83. The first-order chi connectivity index (χ1) is 8.19. The van der Waals surface area contributed by atoms with Crippen LogP contribution in [0.25, 0.3) is 0 Å². The lowest BCUT2D eigenvalue weighted by molar-refractivity contribution is -0.384. The van der Waals surface area contributed by atoms with Gasteiger partial charge in [0.15, 0.2) is 0 Å². The molecular formula is C11H15N3O3. The van der Waals surface area contributed by atoms with E-state index < -0.39 is 4.92 Å². The van der Waals surface area contributed by atoms with Crippen molar-refractivity contribution in [3.63, 3.8) is 0 Å². The maximum atomic E-state index is 10.8. The van der Waals surface area contributed by atoms with Crippen LogP contribution in [0.15, 0.2) is 18.2 Å². The van der Waals surface area contributed by atoms with E-state index in [-0.39, 0.29) is 11.7 Å². The molecule has 17 heavy (non-hydrogen) atoms. The third-order valence-corrected chi connectivity index (χ3v) is 2.72. The Bertz CT molecular complexity index is 416. The van der Waals surface area contributed by atoms with Gasteiger partial charge in [0.2, 0.25) is 0 Å². The second-order valence-corrected chi connectivity index (χ2v) is 3.98. The monoisotopic (exact) mass is 237 g/mol. The van der Waals surface area contributed by atoms with Gasteiger partial charge in [-0.15, -0.1) is 0 Å². The van der Waals surface area contributed by atoms with E-state index in [0.29, 0.717) is 6.61 Å². The summed E-state index contributed by atoms with van der Waals surface area (Å²) in [5.74, 6) is 0. The predicted octanol–water partition coefficient (Wildman–Crippen LogP) is 1.84. The average molecular weight is 237 g/mol. The van der Waals surface area contributed by atoms with Crippen LogP contribution >= 0.6 is 0 Å². The van der Waals surface area contributed by atoms with E-state index in [1.165, 1.54) is 6.07 Å². The van der Waals surface area contributed by atoms with Crippen LogP contribution in [0.2, 0.25) is 0 Å². The van der Waals surface area contributed by atoms with Gasteiger partial charge in [-0.05, 0) is 12.5 Å². The average Bonchev–Trinajstić information content (AvgIpc) is 2.81. The molecule has 0 spiro atoms. The number of benzene rings is 1. The van der Waals surface area contributed by atoms with Crippen molar-refractivity contribution in [1.82, 2.24) is 0 Å². The Morgan fingerprint density at radius 2 is 2.18 bits per heavy atom. The van der Waals surface area contributed by atoms with Gasteiger partial charge in [0.1, 0.15) is 0 Å². The van der Waals surface area contributed by atoms with Crippen molar-refractivity contribution in [3.8, 4) is 0 Å². The fourth-order valence-electron chi connectivity index (χ4n) is 1.83. The third-order valence-electron chi connectivity index (χ3n) is 2.72. The van der Waals surface area contributed by atoms with Gasteiger partial charge in [-0.3, -0.25) is 10.1 Å². The van der Waals surface area contributed by atoms with Crippen molar-refractivity contribution in [2.24, 2.45) is 0 Å². The molecule has 1 atom stereocenters. The first-order valence-corrected chi connectivity index (χ1v) is 5.50. The molecule has 0 aromatic heterocycles. The van der Waals surface area contributed by atoms with Gasteiger partial charge < -0.3 is 15.4 Å². The Hall–Kier alpha value is -1.82. The number of nitrogens with zero attached hydrogens (tertiary/aromatic N) is 1. The SMILES string of the molecule is CNc1cc(NC2CCOC2)cc([N+](=O)[O-])c1. The molecule has 1 fully saturated rings. The molecule has 1 heterocycles. The molecule has 2 rings (SSSR count). The highest BCUT2D eigenvalue weighted by molar-refractivity contribution is 5.63. The minimum Gasteiger partial charge on any atom is -0.388 e. The first-order valence-electron chi connectivity index (χ1n) is 5.50. The number of anilines is 2. The first kappa shape index (κ1) is 11.7. The van der Waals surface area contributed by atoms with Crippen molar-refractivity contribution in [3.05, 3.63) is 28.3 Å². The van der Waals surface area contributed by atoms with E-state index in [0.717, 1.165) is 24.4 Å². The van der Waals surface area contributed by atoms with Crippen LogP contribution in [0.5, 0.6) is 0 Å². The van der Waals surface area contributed by atoms with E-state index in [4.69, 9.17) is 4.74 Å². The summed E-state index contributed by atoms with van der Waals surface area (Å²) in [6.45, 7) is 1.39. The van der Waals surface area contributed by atoms with Gasteiger partial charge in [-0.2, -0.15) is 0 Å². The van der Waals surface area contributed by atoms with Crippen molar-refractivity contribution in [2.45, 2.75) is 12.5 Å². The van der Waals surface area contributed by atoms with Crippen LogP contribution < -0.4 is 10.6 Å². The van der Waals surface area contributed by atoms with Crippen molar-refractivity contribution >= 4 is 17.1 Å². The second kappa shape index (κ2) is 5.01. The molecule has 1 aliphatic rings. The summed E-state index contributed by atoms with van der Waals surface area (Å²) < 4.78 is 5.25. The van der Waals surface area contributed by atoms with Crippen LogP contribution in [0, 0.1) is 10.1 Å². The summed E-state index contributed by atoms with van der Waals surface area (Å²) in [5.41, 5.74) is 1.55. The molecule has 0 radical (unpaired) electrons. The quantitative estimate of drug-likeness (QED) is 0.617. The molecule has 6 heteroatoms. The molecule has 0 bridgehead atoms. The molecule has 0 aliphatic carbocycles. The van der Waals surface area contributed by atoms with Crippen LogP contribution in [0.1, 0.15) is 6.42 Å². The maximum Gasteiger partial charge on any atom is 0.273 e. The molecule has 1 aromatic carbocycles. The minimum atomic E-state index is -0.392. The Labute approximate surface area is 99.1 Å². The van der Waals surface area contributed by atoms with Crippen LogP contribution in [-0.4, -0.2) is 31.2 Å². The molecule has 1 saturated heterocycles. The summed E-state index contributed by atoms with van der Waals surface area (Å²) in [6.07, 6.45) is 0.928. The van der Waals surface area contributed by atoms with Gasteiger partial charge in [-0.1, -0.05) is 0 Å². The van der Waals surface area contributed by atoms with Crippen molar-refractivity contribution < 1.29 is 9.66 Å². The normalized spacial score (nSPS) is 19.0. The molecule has 1 aliphatic heterocycles. The lowest BCUT2D eigenvalue weighted by Gasteiger charge is -2.13. The highest BCUT2D eigenvalue weighted by atomic mass is 16.6. The van der Waals surface area contributed by atoms with E-state index in [2.05, 4.69) is 10.6 Å². The predicted molar refractivity (Wildman–Crippen MR) is 65.5 cm³/mol. The maximum absolute atomic E-state index is 10.8. The van der Waals surface area contributed by atoms with Gasteiger partial charge in [0.25, 0.3) is 5.69 Å². The molecule has 0 saturated carbocycles.